The van der Waals surface area contributed by atoms with E-state index in [0.717, 1.165) is 0 Å². The van der Waals surface area contributed by atoms with Crippen molar-refractivity contribution in [2.45, 2.75) is 4.90 Å². The number of rotatable bonds is 6. The van der Waals surface area contributed by atoms with Gasteiger partial charge in [-0.2, -0.15) is 0 Å². The molecule has 2 aromatic carbocycles. The molecular weight excluding hydrogens is 478 g/mol. The van der Waals surface area contributed by atoms with Gasteiger partial charge in [0, 0.05) is 0 Å². The minimum absolute atomic E-state index is 0.0653. The normalized spacial score (nSPS) is 12.0. The fraction of sp³-hybridized carbons (Fsp3) is 0.0435. The first-order valence-electron chi connectivity index (χ1n) is 9.76. The Morgan fingerprint density at radius 1 is 1.15 bits per heavy atom. The number of esters is 1. The van der Waals surface area contributed by atoms with Gasteiger partial charge in [0.2, 0.25) is 10.0 Å². The fourth-order valence-electron chi connectivity index (χ4n) is 3.18. The third kappa shape index (κ3) is 4.71. The van der Waals surface area contributed by atoms with Crippen molar-refractivity contribution in [1.82, 2.24) is 9.78 Å². The van der Waals surface area contributed by atoms with E-state index in [0.29, 0.717) is 32.4 Å². The molecule has 4 aromatic rings. The number of aromatic nitrogens is 2. The molecule has 0 spiro atoms. The summed E-state index contributed by atoms with van der Waals surface area (Å²) in [5.74, 6) is 0.0695. The van der Waals surface area contributed by atoms with Crippen LogP contribution in [-0.4, -0.2) is 31.3 Å². The maximum absolute atomic E-state index is 13.0. The molecule has 0 radical (unpaired) electrons. The zero-order valence-corrected chi connectivity index (χ0v) is 19.5. The Bertz CT molecular complexity index is 1630. The molecule has 9 nitrogen and oxygen atoms in total. The Labute approximate surface area is 198 Å². The molecule has 2 aromatic heterocycles. The summed E-state index contributed by atoms with van der Waals surface area (Å²) in [7, 11) is -2.40. The number of nitrogens with zero attached hydrogens (tertiary/aromatic N) is 1. The molecule has 2 heterocycles. The Kier molecular flexibility index (Phi) is 6.24. The van der Waals surface area contributed by atoms with Gasteiger partial charge in [-0.1, -0.05) is 18.7 Å². The highest BCUT2D eigenvalue weighted by Gasteiger charge is 2.14. The molecule has 0 aliphatic heterocycles. The van der Waals surface area contributed by atoms with Crippen LogP contribution in [0, 0.1) is 0 Å². The predicted octanol–water partition coefficient (Wildman–Crippen LogP) is 1.34. The number of carbonyl (C=O) groups excluding carboxylic acids is 1. The van der Waals surface area contributed by atoms with Crippen LogP contribution in [0.4, 0.5) is 0 Å². The number of thiophene rings is 1. The van der Waals surface area contributed by atoms with Crippen LogP contribution in [0.15, 0.2) is 69.7 Å². The lowest BCUT2D eigenvalue weighted by Gasteiger charge is -2.09. The Hall–Kier alpha value is -3.93. The number of hydrogen-bond acceptors (Lipinski definition) is 7. The molecule has 0 saturated heterocycles. The van der Waals surface area contributed by atoms with Crippen LogP contribution in [0.3, 0.4) is 0 Å². The van der Waals surface area contributed by atoms with Gasteiger partial charge < -0.3 is 9.47 Å². The van der Waals surface area contributed by atoms with E-state index in [4.69, 9.17) is 14.6 Å². The maximum atomic E-state index is 13.0. The molecular formula is C23H19N3O6S2. The van der Waals surface area contributed by atoms with E-state index in [1.807, 2.05) is 0 Å². The average Bonchev–Trinajstić information content (AvgIpc) is 3.44. The molecule has 11 heteroatoms. The van der Waals surface area contributed by atoms with Gasteiger partial charge in [-0.3, -0.25) is 9.89 Å². The molecule has 34 heavy (non-hydrogen) atoms. The molecule has 0 amide bonds. The first-order valence-corrected chi connectivity index (χ1v) is 12.2. The summed E-state index contributed by atoms with van der Waals surface area (Å²) in [6.45, 7) is 3.89. The lowest BCUT2D eigenvalue weighted by Crippen LogP contribution is -2.33. The van der Waals surface area contributed by atoms with Crippen LogP contribution in [-0.2, 0) is 10.0 Å². The van der Waals surface area contributed by atoms with Crippen molar-refractivity contribution in [3.63, 3.8) is 0 Å². The molecule has 0 atom stereocenters. The van der Waals surface area contributed by atoms with Crippen LogP contribution in [0.1, 0.15) is 15.2 Å². The van der Waals surface area contributed by atoms with E-state index in [1.54, 1.807) is 41.8 Å². The van der Waals surface area contributed by atoms with Gasteiger partial charge in [0.15, 0.2) is 11.5 Å². The maximum Gasteiger partial charge on any atom is 0.353 e. The van der Waals surface area contributed by atoms with Gasteiger partial charge >= 0.3 is 5.97 Å². The third-order valence-corrected chi connectivity index (χ3v) is 6.63. The first-order chi connectivity index (χ1) is 16.2. The molecule has 4 rings (SSSR count). The van der Waals surface area contributed by atoms with Crippen LogP contribution < -0.4 is 30.7 Å². The van der Waals surface area contributed by atoms with Gasteiger partial charge in [-0.15, -0.1) is 11.3 Å². The number of primary sulfonamides is 1. The smallest absolute Gasteiger partial charge is 0.353 e. The van der Waals surface area contributed by atoms with Crippen LogP contribution >= 0.6 is 11.3 Å². The van der Waals surface area contributed by atoms with Crippen LogP contribution in [0.2, 0.25) is 0 Å². The second kappa shape index (κ2) is 9.14. The Morgan fingerprint density at radius 2 is 1.88 bits per heavy atom. The molecule has 0 saturated carbocycles. The second-order valence-corrected chi connectivity index (χ2v) is 9.61. The molecule has 0 unspecified atom stereocenters. The van der Waals surface area contributed by atoms with Gasteiger partial charge in [-0.05, 0) is 59.5 Å². The summed E-state index contributed by atoms with van der Waals surface area (Å²) < 4.78 is 34.9. The Balaban J connectivity index is 1.68. The Morgan fingerprint density at radius 3 is 2.50 bits per heavy atom. The van der Waals surface area contributed by atoms with E-state index in [1.165, 1.54) is 47.4 Å². The van der Waals surface area contributed by atoms with Crippen LogP contribution in [0.5, 0.6) is 11.5 Å². The lowest BCUT2D eigenvalue weighted by atomic mass is 10.1. The number of aromatic amines is 1. The van der Waals surface area contributed by atoms with Crippen molar-refractivity contribution < 1.29 is 22.7 Å². The highest BCUT2D eigenvalue weighted by molar-refractivity contribution is 7.89. The average molecular weight is 498 g/mol. The summed E-state index contributed by atoms with van der Waals surface area (Å²) in [4.78, 5) is 25.6. The van der Waals surface area contributed by atoms with Crippen molar-refractivity contribution in [3.05, 3.63) is 91.3 Å². The predicted molar refractivity (Wildman–Crippen MR) is 128 cm³/mol. The molecule has 174 valence electrons. The quantitative estimate of drug-likeness (QED) is 0.305. The lowest BCUT2D eigenvalue weighted by molar-refractivity contribution is 0.0735. The number of nitrogens with two attached hydrogens (primary N) is 1. The van der Waals surface area contributed by atoms with Crippen molar-refractivity contribution in [2.24, 2.45) is 5.14 Å². The number of H-pyrrole nitrogens is 1. The van der Waals surface area contributed by atoms with Gasteiger partial charge in [0.05, 0.1) is 28.3 Å². The number of benzene rings is 2. The van der Waals surface area contributed by atoms with Crippen molar-refractivity contribution in [2.75, 3.05) is 7.11 Å². The summed E-state index contributed by atoms with van der Waals surface area (Å²) >= 11 is 1.27. The molecule has 0 aliphatic rings. The minimum atomic E-state index is -3.84. The zero-order chi connectivity index (χ0) is 24.5. The number of sulfonamides is 1. The highest BCUT2D eigenvalue weighted by atomic mass is 32.2. The van der Waals surface area contributed by atoms with Gasteiger partial charge in [0.25, 0.3) is 5.56 Å². The number of hydrogen-bond donors (Lipinski definition) is 2. The molecule has 0 aliphatic carbocycles. The van der Waals surface area contributed by atoms with Gasteiger partial charge in [-0.25, -0.2) is 23.0 Å². The summed E-state index contributed by atoms with van der Waals surface area (Å²) in [6, 6.07) is 13.8. The highest BCUT2D eigenvalue weighted by Crippen LogP contribution is 2.29. The van der Waals surface area contributed by atoms with E-state index in [-0.39, 0.29) is 16.2 Å². The zero-order valence-electron chi connectivity index (χ0n) is 17.8. The molecule has 0 bridgehead atoms. The number of methoxy groups -OCH3 is 1. The van der Waals surface area contributed by atoms with E-state index in [9.17, 15) is 18.0 Å². The molecule has 0 fully saturated rings. The number of carbonyl (C=O) groups is 1. The second-order valence-electron chi connectivity index (χ2n) is 7.10. The monoisotopic (exact) mass is 497 g/mol. The standard InChI is InChI=1S/C23H19N3O6S2/c1-14-18(22(27)26(25-14)16-6-8-17(9-7-16)34(24,29)30)12-15-5-10-19(20(13-15)31-2)32-23(28)21-4-3-11-33-21/h3-13,25H,1H2,2H3,(H2,24,29,30)/b18-12+. The van der Waals surface area contributed by atoms with Crippen molar-refractivity contribution in [3.8, 4) is 17.2 Å². The van der Waals surface area contributed by atoms with Crippen LogP contribution in [0.25, 0.3) is 18.3 Å². The summed E-state index contributed by atoms with van der Waals surface area (Å²) in [5.41, 5.74) is 0.640. The fourth-order valence-corrected chi connectivity index (χ4v) is 4.30. The van der Waals surface area contributed by atoms with Crippen molar-refractivity contribution in [1.29, 1.82) is 0 Å². The number of ether oxygens (including phenoxy) is 2. The summed E-state index contributed by atoms with van der Waals surface area (Å²) in [6.07, 6.45) is 1.61. The van der Waals surface area contributed by atoms with E-state index < -0.39 is 16.0 Å². The first kappa shape index (κ1) is 23.2. The van der Waals surface area contributed by atoms with E-state index >= 15 is 0 Å². The largest absolute Gasteiger partial charge is 0.493 e. The van der Waals surface area contributed by atoms with Gasteiger partial charge in [0.1, 0.15) is 4.88 Å². The van der Waals surface area contributed by atoms with Crippen molar-refractivity contribution >= 4 is 40.0 Å². The number of nitrogens with one attached hydrogen (secondary N) is 1. The minimum Gasteiger partial charge on any atom is -0.493 e. The molecule has 3 N–H and O–H groups in total. The third-order valence-electron chi connectivity index (χ3n) is 4.85. The summed E-state index contributed by atoms with van der Waals surface area (Å²) in [5, 5.41) is 10.4. The SMILES string of the molecule is C=c1[nH]n(-c2ccc(S(N)(=O)=O)cc2)c(=O)/c1=C/c1ccc(OC(=O)c2cccs2)c(OC)c1. The topological polar surface area (TPSA) is 133 Å². The van der Waals surface area contributed by atoms with E-state index in [2.05, 4.69) is 11.7 Å².